The average Bonchev–Trinajstić information content (AvgIpc) is 1.98. The Balaban J connectivity index is 2.43. The highest BCUT2D eigenvalue weighted by Crippen LogP contribution is 2.53. The quantitative estimate of drug-likeness (QED) is 0.676. The number of halogens is 4. The SMILES string of the molecule is FC(F)(F)C1(c2cccc(Cl)n2)CCC1. The smallest absolute Gasteiger partial charge is 0.240 e. The summed E-state index contributed by atoms with van der Waals surface area (Å²) in [5, 5.41) is 0.114. The highest BCUT2D eigenvalue weighted by Gasteiger charge is 2.60. The van der Waals surface area contributed by atoms with Crippen LogP contribution in [0.4, 0.5) is 13.2 Å². The van der Waals surface area contributed by atoms with E-state index in [1.807, 2.05) is 0 Å². The Bertz CT molecular complexity index is 371. The van der Waals surface area contributed by atoms with Gasteiger partial charge in [-0.15, -0.1) is 0 Å². The van der Waals surface area contributed by atoms with Crippen LogP contribution < -0.4 is 0 Å². The summed E-state index contributed by atoms with van der Waals surface area (Å²) in [6, 6.07) is 4.39. The molecule has 5 heteroatoms. The predicted octanol–water partition coefficient (Wildman–Crippen LogP) is 3.72. The molecule has 1 aromatic rings. The van der Waals surface area contributed by atoms with Crippen molar-refractivity contribution in [1.82, 2.24) is 4.98 Å². The molecular formula is C10H9ClF3N. The Morgan fingerprint density at radius 3 is 2.33 bits per heavy atom. The van der Waals surface area contributed by atoms with Crippen molar-refractivity contribution >= 4 is 11.6 Å². The first-order chi connectivity index (χ1) is 6.96. The summed E-state index contributed by atoms with van der Waals surface area (Å²) >= 11 is 5.60. The van der Waals surface area contributed by atoms with E-state index in [0.29, 0.717) is 6.42 Å². The molecule has 1 aromatic heterocycles. The van der Waals surface area contributed by atoms with Crippen LogP contribution in [0.1, 0.15) is 25.0 Å². The normalized spacial score (nSPS) is 19.7. The van der Waals surface area contributed by atoms with Gasteiger partial charge in [-0.25, -0.2) is 4.98 Å². The topological polar surface area (TPSA) is 12.9 Å². The maximum absolute atomic E-state index is 12.9. The second kappa shape index (κ2) is 3.37. The Morgan fingerprint density at radius 2 is 1.93 bits per heavy atom. The van der Waals surface area contributed by atoms with Gasteiger partial charge in [0.15, 0.2) is 0 Å². The van der Waals surface area contributed by atoms with E-state index >= 15 is 0 Å². The van der Waals surface area contributed by atoms with Crippen LogP contribution in [0.25, 0.3) is 0 Å². The Labute approximate surface area is 90.3 Å². The van der Waals surface area contributed by atoms with E-state index in [1.54, 1.807) is 0 Å². The van der Waals surface area contributed by atoms with Crippen molar-refractivity contribution in [1.29, 1.82) is 0 Å². The van der Waals surface area contributed by atoms with E-state index in [4.69, 9.17) is 11.6 Å². The molecule has 0 unspecified atom stereocenters. The summed E-state index contributed by atoms with van der Waals surface area (Å²) in [4.78, 5) is 3.78. The van der Waals surface area contributed by atoms with Crippen molar-refractivity contribution in [3.8, 4) is 0 Å². The van der Waals surface area contributed by atoms with Crippen LogP contribution in [-0.2, 0) is 5.41 Å². The molecule has 0 saturated heterocycles. The van der Waals surface area contributed by atoms with Crippen molar-refractivity contribution in [3.63, 3.8) is 0 Å². The van der Waals surface area contributed by atoms with Gasteiger partial charge >= 0.3 is 6.18 Å². The Kier molecular flexibility index (Phi) is 2.41. The van der Waals surface area contributed by atoms with Gasteiger partial charge in [0.2, 0.25) is 0 Å². The van der Waals surface area contributed by atoms with Gasteiger partial charge in [-0.3, -0.25) is 0 Å². The molecule has 1 fully saturated rings. The third-order valence-electron chi connectivity index (χ3n) is 2.96. The van der Waals surface area contributed by atoms with Crippen molar-refractivity contribution in [3.05, 3.63) is 29.0 Å². The zero-order chi connectivity index (χ0) is 11.1. The van der Waals surface area contributed by atoms with Gasteiger partial charge in [0.05, 0.1) is 5.69 Å². The van der Waals surface area contributed by atoms with E-state index < -0.39 is 11.6 Å². The molecule has 0 bridgehead atoms. The summed E-state index contributed by atoms with van der Waals surface area (Å²) < 4.78 is 38.7. The lowest BCUT2D eigenvalue weighted by molar-refractivity contribution is -0.214. The molecule has 1 saturated carbocycles. The first-order valence-electron chi connectivity index (χ1n) is 4.65. The van der Waals surface area contributed by atoms with Gasteiger partial charge < -0.3 is 0 Å². The third-order valence-corrected chi connectivity index (χ3v) is 3.17. The van der Waals surface area contributed by atoms with Gasteiger partial charge in [-0.2, -0.15) is 13.2 Å². The van der Waals surface area contributed by atoms with Crippen molar-refractivity contribution in [2.45, 2.75) is 30.9 Å². The first-order valence-corrected chi connectivity index (χ1v) is 5.03. The highest BCUT2D eigenvalue weighted by molar-refractivity contribution is 6.29. The number of rotatable bonds is 1. The number of nitrogens with zero attached hydrogens (tertiary/aromatic N) is 1. The van der Waals surface area contributed by atoms with Crippen LogP contribution in [0.3, 0.4) is 0 Å². The molecule has 0 atom stereocenters. The number of hydrogen-bond donors (Lipinski definition) is 0. The van der Waals surface area contributed by atoms with Crippen LogP contribution in [-0.4, -0.2) is 11.2 Å². The Morgan fingerprint density at radius 1 is 1.27 bits per heavy atom. The largest absolute Gasteiger partial charge is 0.399 e. The molecule has 1 heterocycles. The molecule has 0 amide bonds. The lowest BCUT2D eigenvalue weighted by atomic mass is 9.66. The zero-order valence-corrected chi connectivity index (χ0v) is 8.57. The highest BCUT2D eigenvalue weighted by atomic mass is 35.5. The van der Waals surface area contributed by atoms with E-state index in [2.05, 4.69) is 4.98 Å². The van der Waals surface area contributed by atoms with Gasteiger partial charge in [0.1, 0.15) is 10.6 Å². The fourth-order valence-corrected chi connectivity index (χ4v) is 2.05. The van der Waals surface area contributed by atoms with E-state index in [1.165, 1.54) is 18.2 Å². The molecule has 1 aliphatic rings. The number of hydrogen-bond acceptors (Lipinski definition) is 1. The number of pyridine rings is 1. The van der Waals surface area contributed by atoms with Crippen LogP contribution in [0.15, 0.2) is 18.2 Å². The lowest BCUT2D eigenvalue weighted by Gasteiger charge is -2.42. The second-order valence-corrected chi connectivity index (χ2v) is 4.17. The molecule has 0 radical (unpaired) electrons. The van der Waals surface area contributed by atoms with E-state index in [9.17, 15) is 13.2 Å². The Hall–Kier alpha value is -0.770. The maximum Gasteiger partial charge on any atom is 0.399 e. The molecule has 0 spiro atoms. The third kappa shape index (κ3) is 1.61. The number of alkyl halides is 3. The molecule has 15 heavy (non-hydrogen) atoms. The monoisotopic (exact) mass is 235 g/mol. The molecule has 1 aliphatic carbocycles. The molecule has 0 aliphatic heterocycles. The fraction of sp³-hybridized carbons (Fsp3) is 0.500. The number of aromatic nitrogens is 1. The molecule has 82 valence electrons. The lowest BCUT2D eigenvalue weighted by Crippen LogP contribution is -2.48. The van der Waals surface area contributed by atoms with Crippen molar-refractivity contribution in [2.75, 3.05) is 0 Å². The van der Waals surface area contributed by atoms with Crippen LogP contribution in [0.5, 0.6) is 0 Å². The van der Waals surface area contributed by atoms with Gasteiger partial charge in [0.25, 0.3) is 0 Å². The van der Waals surface area contributed by atoms with Gasteiger partial charge in [-0.05, 0) is 25.0 Å². The summed E-state index contributed by atoms with van der Waals surface area (Å²) in [6.07, 6.45) is -3.41. The summed E-state index contributed by atoms with van der Waals surface area (Å²) in [6.45, 7) is 0. The first kappa shape index (κ1) is 10.7. The van der Waals surface area contributed by atoms with Crippen LogP contribution in [0.2, 0.25) is 5.15 Å². The molecule has 2 rings (SSSR count). The zero-order valence-electron chi connectivity index (χ0n) is 7.81. The summed E-state index contributed by atoms with van der Waals surface area (Å²) in [7, 11) is 0. The maximum atomic E-state index is 12.9. The minimum atomic E-state index is -4.23. The van der Waals surface area contributed by atoms with Gasteiger partial charge in [-0.1, -0.05) is 24.1 Å². The standard InChI is InChI=1S/C10H9ClF3N/c11-8-4-1-3-7(15-8)9(5-2-6-9)10(12,13)14/h1,3-4H,2,5-6H2. The van der Waals surface area contributed by atoms with Crippen molar-refractivity contribution in [2.24, 2.45) is 0 Å². The minimum Gasteiger partial charge on any atom is -0.240 e. The molecule has 0 N–H and O–H groups in total. The van der Waals surface area contributed by atoms with Crippen LogP contribution in [0, 0.1) is 0 Å². The van der Waals surface area contributed by atoms with Gasteiger partial charge in [0, 0.05) is 0 Å². The van der Waals surface area contributed by atoms with E-state index in [0.717, 1.165) is 0 Å². The van der Waals surface area contributed by atoms with Crippen LogP contribution >= 0.6 is 11.6 Å². The molecular weight excluding hydrogens is 227 g/mol. The molecule has 0 aromatic carbocycles. The average molecular weight is 236 g/mol. The second-order valence-electron chi connectivity index (χ2n) is 3.78. The summed E-state index contributed by atoms with van der Waals surface area (Å²) in [5.74, 6) is 0. The summed E-state index contributed by atoms with van der Waals surface area (Å²) in [5.41, 5.74) is -1.70. The molecule has 1 nitrogen and oxygen atoms in total. The minimum absolute atomic E-state index is 0.0498. The predicted molar refractivity (Wildman–Crippen MR) is 50.8 cm³/mol. The fourth-order valence-electron chi connectivity index (χ4n) is 1.89. The van der Waals surface area contributed by atoms with Crippen molar-refractivity contribution < 1.29 is 13.2 Å². The van der Waals surface area contributed by atoms with E-state index in [-0.39, 0.29) is 23.7 Å².